The molecule has 0 bridgehead atoms. The maximum atomic E-state index is 12.2. The highest BCUT2D eigenvalue weighted by Crippen LogP contribution is 2.28. The summed E-state index contributed by atoms with van der Waals surface area (Å²) in [5.41, 5.74) is 5.20. The maximum Gasteiger partial charge on any atom is 0.315 e. The van der Waals surface area contributed by atoms with Gasteiger partial charge in [-0.25, -0.2) is 4.79 Å². The van der Waals surface area contributed by atoms with Gasteiger partial charge in [0.1, 0.15) is 0 Å². The number of urea groups is 1. The van der Waals surface area contributed by atoms with Gasteiger partial charge in [-0.2, -0.15) is 0 Å². The van der Waals surface area contributed by atoms with E-state index in [2.05, 4.69) is 64.1 Å². The lowest BCUT2D eigenvalue weighted by Crippen LogP contribution is -2.44. The molecule has 1 aromatic heterocycles. The van der Waals surface area contributed by atoms with Crippen molar-refractivity contribution >= 4 is 16.9 Å². The summed E-state index contributed by atoms with van der Waals surface area (Å²) in [6, 6.07) is 19.0. The van der Waals surface area contributed by atoms with Gasteiger partial charge in [0.25, 0.3) is 0 Å². The van der Waals surface area contributed by atoms with E-state index in [4.69, 9.17) is 0 Å². The van der Waals surface area contributed by atoms with Gasteiger partial charge in [-0.3, -0.25) is 0 Å². The predicted octanol–water partition coefficient (Wildman–Crippen LogP) is 3.96. The second kappa shape index (κ2) is 7.65. The average molecular weight is 347 g/mol. The number of benzene rings is 2. The monoisotopic (exact) mass is 347 g/mol. The van der Waals surface area contributed by atoms with E-state index < -0.39 is 0 Å². The first-order valence-corrected chi connectivity index (χ1v) is 9.46. The second-order valence-electron chi connectivity index (χ2n) is 7.06. The van der Waals surface area contributed by atoms with Crippen LogP contribution in [0.5, 0.6) is 0 Å². The molecule has 4 rings (SSSR count). The number of fused-ring (bicyclic) bond motifs is 3. The lowest BCUT2D eigenvalue weighted by atomic mass is 9.92. The predicted molar refractivity (Wildman–Crippen MR) is 105 cm³/mol. The van der Waals surface area contributed by atoms with Crippen LogP contribution in [0.15, 0.2) is 54.6 Å². The van der Waals surface area contributed by atoms with Gasteiger partial charge in [0.2, 0.25) is 0 Å². The van der Waals surface area contributed by atoms with Crippen molar-refractivity contribution in [2.75, 3.05) is 6.54 Å². The number of para-hydroxylation sites is 1. The zero-order valence-electron chi connectivity index (χ0n) is 14.9. The first-order chi connectivity index (χ1) is 12.8. The zero-order chi connectivity index (χ0) is 17.8. The number of aryl methyl sites for hydroxylation is 2. The van der Waals surface area contributed by atoms with Gasteiger partial charge < -0.3 is 15.6 Å². The molecule has 1 aliphatic carbocycles. The normalized spacial score (nSPS) is 16.2. The van der Waals surface area contributed by atoms with E-state index in [-0.39, 0.29) is 12.1 Å². The van der Waals surface area contributed by atoms with Gasteiger partial charge in [-0.15, -0.1) is 0 Å². The number of aromatic amines is 1. The van der Waals surface area contributed by atoms with Crippen LogP contribution < -0.4 is 10.6 Å². The molecule has 134 valence electrons. The van der Waals surface area contributed by atoms with Crippen LogP contribution in [0.2, 0.25) is 0 Å². The van der Waals surface area contributed by atoms with Crippen LogP contribution in [0.3, 0.4) is 0 Å². The van der Waals surface area contributed by atoms with E-state index in [9.17, 15) is 4.79 Å². The highest BCUT2D eigenvalue weighted by Gasteiger charge is 2.23. The molecule has 1 heterocycles. The largest absolute Gasteiger partial charge is 0.358 e. The zero-order valence-corrected chi connectivity index (χ0v) is 14.9. The SMILES string of the molecule is O=C(NCCCc1ccccc1)NC1CCc2c([nH]c3ccccc23)C1. The summed E-state index contributed by atoms with van der Waals surface area (Å²) in [6.45, 7) is 0.699. The van der Waals surface area contributed by atoms with Crippen molar-refractivity contribution < 1.29 is 4.79 Å². The Hall–Kier alpha value is -2.75. The summed E-state index contributed by atoms with van der Waals surface area (Å²) in [6.07, 6.45) is 4.82. The molecule has 0 saturated carbocycles. The van der Waals surface area contributed by atoms with Crippen molar-refractivity contribution in [1.29, 1.82) is 0 Å². The van der Waals surface area contributed by atoms with E-state index in [1.165, 1.54) is 27.7 Å². The standard InChI is InChI=1S/C22H25N3O/c26-22(23-14-6-9-16-7-2-1-3-8-16)24-17-12-13-19-18-10-4-5-11-20(18)25-21(19)15-17/h1-5,7-8,10-11,17,25H,6,9,12-15H2,(H2,23,24,26). The Morgan fingerprint density at radius 2 is 1.88 bits per heavy atom. The van der Waals surface area contributed by atoms with E-state index in [0.717, 1.165) is 32.1 Å². The fourth-order valence-corrected chi connectivity index (χ4v) is 3.88. The highest BCUT2D eigenvalue weighted by molar-refractivity contribution is 5.85. The maximum absolute atomic E-state index is 12.2. The number of rotatable bonds is 5. The average Bonchev–Trinajstić information content (AvgIpc) is 3.04. The Morgan fingerprint density at radius 3 is 2.77 bits per heavy atom. The Bertz CT molecular complexity index is 885. The summed E-state index contributed by atoms with van der Waals surface area (Å²) in [5, 5.41) is 7.45. The first-order valence-electron chi connectivity index (χ1n) is 9.46. The molecule has 2 amide bonds. The van der Waals surface area contributed by atoms with Gasteiger partial charge in [-0.1, -0.05) is 48.5 Å². The highest BCUT2D eigenvalue weighted by atomic mass is 16.2. The third-order valence-electron chi connectivity index (χ3n) is 5.20. The van der Waals surface area contributed by atoms with Crippen LogP contribution in [0, 0.1) is 0 Å². The van der Waals surface area contributed by atoms with Gasteiger partial charge >= 0.3 is 6.03 Å². The number of hydrogen-bond acceptors (Lipinski definition) is 1. The van der Waals surface area contributed by atoms with E-state index in [1.807, 2.05) is 6.07 Å². The first kappa shape index (κ1) is 16.7. The molecular weight excluding hydrogens is 322 g/mol. The number of nitrogens with one attached hydrogen (secondary N) is 3. The van der Waals surface area contributed by atoms with Crippen molar-refractivity contribution in [3.8, 4) is 0 Å². The fraction of sp³-hybridized carbons (Fsp3) is 0.318. The molecule has 3 aromatic rings. The Kier molecular flexibility index (Phi) is 4.91. The van der Waals surface area contributed by atoms with E-state index in [0.29, 0.717) is 6.54 Å². The van der Waals surface area contributed by atoms with Gasteiger partial charge in [0, 0.05) is 35.6 Å². The van der Waals surface area contributed by atoms with E-state index in [1.54, 1.807) is 0 Å². The number of amides is 2. The minimum atomic E-state index is -0.0531. The molecule has 0 radical (unpaired) electrons. The van der Waals surface area contributed by atoms with Crippen LogP contribution in [0.1, 0.15) is 29.7 Å². The lowest BCUT2D eigenvalue weighted by molar-refractivity contribution is 0.235. The molecule has 26 heavy (non-hydrogen) atoms. The number of H-pyrrole nitrogens is 1. The van der Waals surface area contributed by atoms with Crippen LogP contribution in [0.25, 0.3) is 10.9 Å². The molecule has 0 saturated heterocycles. The number of carbonyl (C=O) groups is 1. The minimum Gasteiger partial charge on any atom is -0.358 e. The molecule has 1 atom stereocenters. The van der Waals surface area contributed by atoms with Gasteiger partial charge in [-0.05, 0) is 42.9 Å². The fourth-order valence-electron chi connectivity index (χ4n) is 3.88. The molecule has 0 spiro atoms. The molecule has 4 nitrogen and oxygen atoms in total. The Balaban J connectivity index is 1.25. The summed E-state index contributed by atoms with van der Waals surface area (Å²) in [7, 11) is 0. The molecule has 4 heteroatoms. The van der Waals surface area contributed by atoms with Crippen LogP contribution in [-0.2, 0) is 19.3 Å². The van der Waals surface area contributed by atoms with Crippen LogP contribution >= 0.6 is 0 Å². The lowest BCUT2D eigenvalue weighted by Gasteiger charge is -2.23. The quantitative estimate of drug-likeness (QED) is 0.601. The summed E-state index contributed by atoms with van der Waals surface area (Å²) in [4.78, 5) is 15.7. The molecule has 0 fully saturated rings. The molecule has 1 aliphatic rings. The number of hydrogen-bond donors (Lipinski definition) is 3. The van der Waals surface area contributed by atoms with E-state index >= 15 is 0 Å². The van der Waals surface area contributed by atoms with Crippen molar-refractivity contribution in [1.82, 2.24) is 15.6 Å². The topological polar surface area (TPSA) is 56.9 Å². The molecular formula is C22H25N3O. The third-order valence-corrected chi connectivity index (χ3v) is 5.20. The van der Waals surface area contributed by atoms with Crippen LogP contribution in [0.4, 0.5) is 4.79 Å². The number of aromatic nitrogens is 1. The summed E-state index contributed by atoms with van der Waals surface area (Å²) in [5.74, 6) is 0. The summed E-state index contributed by atoms with van der Waals surface area (Å²) < 4.78 is 0. The van der Waals surface area contributed by atoms with Gasteiger partial charge in [0.05, 0.1) is 0 Å². The Morgan fingerprint density at radius 1 is 1.08 bits per heavy atom. The molecule has 3 N–H and O–H groups in total. The number of carbonyl (C=O) groups excluding carboxylic acids is 1. The van der Waals surface area contributed by atoms with Crippen molar-refractivity contribution in [2.24, 2.45) is 0 Å². The third kappa shape index (κ3) is 3.74. The van der Waals surface area contributed by atoms with Crippen molar-refractivity contribution in [2.45, 2.75) is 38.1 Å². The Labute approximate surface area is 154 Å². The molecule has 0 aliphatic heterocycles. The van der Waals surface area contributed by atoms with Crippen molar-refractivity contribution in [3.63, 3.8) is 0 Å². The second-order valence-corrected chi connectivity index (χ2v) is 7.06. The smallest absolute Gasteiger partial charge is 0.315 e. The summed E-state index contributed by atoms with van der Waals surface area (Å²) >= 11 is 0. The van der Waals surface area contributed by atoms with Crippen LogP contribution in [-0.4, -0.2) is 23.6 Å². The van der Waals surface area contributed by atoms with Gasteiger partial charge in [0.15, 0.2) is 0 Å². The minimum absolute atomic E-state index is 0.0531. The van der Waals surface area contributed by atoms with Crippen molar-refractivity contribution in [3.05, 3.63) is 71.4 Å². The molecule has 1 unspecified atom stereocenters. The molecule has 2 aromatic carbocycles.